The average Bonchev–Trinajstić information content (AvgIpc) is 2.49. The number of hydrogen-bond acceptors (Lipinski definition) is 4. The lowest BCUT2D eigenvalue weighted by molar-refractivity contribution is -0.127. The summed E-state index contributed by atoms with van der Waals surface area (Å²) in [5.41, 5.74) is 6.93. The van der Waals surface area contributed by atoms with Gasteiger partial charge in [0.25, 0.3) is 5.91 Å². The summed E-state index contributed by atoms with van der Waals surface area (Å²) in [6.45, 7) is 1.66. The molecule has 7 heteroatoms. The van der Waals surface area contributed by atoms with Crippen molar-refractivity contribution in [3.05, 3.63) is 11.4 Å². The van der Waals surface area contributed by atoms with Crippen LogP contribution >= 0.6 is 0 Å². The molecule has 0 spiro atoms. The number of carbonyl (C=O) groups is 2. The maximum Gasteiger partial charge on any atom is 0.272 e. The zero-order valence-corrected chi connectivity index (χ0v) is 10.4. The molecule has 0 aliphatic heterocycles. The summed E-state index contributed by atoms with van der Waals surface area (Å²) in [7, 11) is 4.88. The molecule has 0 saturated carbocycles. The first-order valence-electron chi connectivity index (χ1n) is 5.12. The number of aromatic nitrogens is 2. The first-order chi connectivity index (χ1) is 7.84. The van der Waals surface area contributed by atoms with Crippen molar-refractivity contribution in [3.8, 4) is 0 Å². The van der Waals surface area contributed by atoms with Gasteiger partial charge in [-0.2, -0.15) is 5.10 Å². The van der Waals surface area contributed by atoms with Gasteiger partial charge in [0.2, 0.25) is 5.91 Å². The van der Waals surface area contributed by atoms with Crippen molar-refractivity contribution in [1.82, 2.24) is 20.0 Å². The van der Waals surface area contributed by atoms with E-state index in [0.29, 0.717) is 11.4 Å². The summed E-state index contributed by atoms with van der Waals surface area (Å²) in [6.07, 6.45) is 0. The Morgan fingerprint density at radius 2 is 2.06 bits per heavy atom. The first-order valence-corrected chi connectivity index (χ1v) is 5.12. The van der Waals surface area contributed by atoms with Gasteiger partial charge in [-0.3, -0.25) is 14.3 Å². The summed E-state index contributed by atoms with van der Waals surface area (Å²) >= 11 is 0. The number of carbonyl (C=O) groups excluding carboxylic acids is 2. The highest BCUT2D eigenvalue weighted by atomic mass is 16.2. The van der Waals surface area contributed by atoms with E-state index in [2.05, 4.69) is 10.4 Å². The number of amides is 2. The molecule has 0 aromatic carbocycles. The quantitative estimate of drug-likeness (QED) is 0.717. The molecule has 1 aromatic heterocycles. The number of nitrogens with one attached hydrogen (secondary N) is 1. The number of likely N-dealkylation sites (N-methyl/N-ethyl adjacent to an activating group) is 1. The van der Waals surface area contributed by atoms with Gasteiger partial charge in [-0.05, 0) is 6.92 Å². The van der Waals surface area contributed by atoms with Crippen molar-refractivity contribution in [2.45, 2.75) is 6.92 Å². The number of nitrogens with zero attached hydrogens (tertiary/aromatic N) is 3. The normalized spacial score (nSPS) is 10.1. The molecule has 7 nitrogen and oxygen atoms in total. The average molecular weight is 239 g/mol. The second-order valence-corrected chi connectivity index (χ2v) is 3.94. The summed E-state index contributed by atoms with van der Waals surface area (Å²) in [5.74, 6) is -0.586. The number of hydrogen-bond donors (Lipinski definition) is 2. The number of nitrogen functional groups attached to an aromatic ring is 1. The van der Waals surface area contributed by atoms with Gasteiger partial charge in [-0.25, -0.2) is 0 Å². The standard InChI is InChI=1S/C10H17N5O2/c1-6-8(11)9(15(4)13-6)10(17)12-5-7(16)14(2)3/h5,11H2,1-4H3,(H,12,17). The van der Waals surface area contributed by atoms with Crippen molar-refractivity contribution < 1.29 is 9.59 Å². The van der Waals surface area contributed by atoms with Crippen LogP contribution in [0.5, 0.6) is 0 Å². The molecule has 94 valence electrons. The molecule has 0 radical (unpaired) electrons. The molecule has 0 unspecified atom stereocenters. The van der Waals surface area contributed by atoms with Gasteiger partial charge in [0.1, 0.15) is 5.69 Å². The summed E-state index contributed by atoms with van der Waals surface area (Å²) < 4.78 is 1.40. The highest BCUT2D eigenvalue weighted by molar-refractivity contribution is 5.99. The van der Waals surface area contributed by atoms with Crippen LogP contribution in [0.2, 0.25) is 0 Å². The number of anilines is 1. The zero-order chi connectivity index (χ0) is 13.2. The van der Waals surface area contributed by atoms with Gasteiger partial charge in [0.05, 0.1) is 17.9 Å². The summed E-state index contributed by atoms with van der Waals surface area (Å²) in [5, 5.41) is 6.53. The SMILES string of the molecule is Cc1nn(C)c(C(=O)NCC(=O)N(C)C)c1N. The molecule has 0 bridgehead atoms. The van der Waals surface area contributed by atoms with E-state index >= 15 is 0 Å². The van der Waals surface area contributed by atoms with Crippen LogP contribution in [0.3, 0.4) is 0 Å². The van der Waals surface area contributed by atoms with Crippen LogP contribution in [-0.4, -0.2) is 47.1 Å². The molecule has 1 aromatic rings. The number of aryl methyl sites for hydroxylation is 2. The van der Waals surface area contributed by atoms with Gasteiger partial charge in [0, 0.05) is 21.1 Å². The second-order valence-electron chi connectivity index (χ2n) is 3.94. The van der Waals surface area contributed by atoms with Crippen molar-refractivity contribution in [2.24, 2.45) is 7.05 Å². The lowest BCUT2D eigenvalue weighted by Crippen LogP contribution is -2.37. The molecule has 0 atom stereocenters. The van der Waals surface area contributed by atoms with E-state index in [1.165, 1.54) is 9.58 Å². The Balaban J connectivity index is 2.74. The molecule has 0 fully saturated rings. The monoisotopic (exact) mass is 239 g/mol. The smallest absolute Gasteiger partial charge is 0.272 e. The van der Waals surface area contributed by atoms with Crippen LogP contribution < -0.4 is 11.1 Å². The molecule has 0 aliphatic rings. The maximum atomic E-state index is 11.8. The lowest BCUT2D eigenvalue weighted by atomic mass is 10.3. The van der Waals surface area contributed by atoms with Crippen molar-refractivity contribution in [2.75, 3.05) is 26.4 Å². The summed E-state index contributed by atoms with van der Waals surface area (Å²) in [4.78, 5) is 24.5. The third-order valence-electron chi connectivity index (χ3n) is 2.38. The Kier molecular flexibility index (Phi) is 3.72. The molecule has 1 rings (SSSR count). The van der Waals surface area contributed by atoms with Gasteiger partial charge in [-0.15, -0.1) is 0 Å². The summed E-state index contributed by atoms with van der Waals surface area (Å²) in [6, 6.07) is 0. The van der Waals surface area contributed by atoms with Gasteiger partial charge >= 0.3 is 0 Å². The molecule has 0 aliphatic carbocycles. The van der Waals surface area contributed by atoms with Gasteiger partial charge in [0.15, 0.2) is 0 Å². The van der Waals surface area contributed by atoms with Gasteiger partial charge in [-0.1, -0.05) is 0 Å². The minimum absolute atomic E-state index is 0.0600. The topological polar surface area (TPSA) is 93.2 Å². The molecule has 17 heavy (non-hydrogen) atoms. The van der Waals surface area contributed by atoms with Crippen molar-refractivity contribution >= 4 is 17.5 Å². The zero-order valence-electron chi connectivity index (χ0n) is 10.4. The fraction of sp³-hybridized carbons (Fsp3) is 0.500. The van der Waals surface area contributed by atoms with E-state index in [1.807, 2.05) is 0 Å². The van der Waals surface area contributed by atoms with E-state index in [4.69, 9.17) is 5.73 Å². The van der Waals surface area contributed by atoms with Crippen LogP contribution in [0.1, 0.15) is 16.2 Å². The van der Waals surface area contributed by atoms with Crippen LogP contribution in [0.4, 0.5) is 5.69 Å². The Hall–Kier alpha value is -2.05. The minimum atomic E-state index is -0.402. The first kappa shape index (κ1) is 13.0. The Morgan fingerprint density at radius 3 is 2.47 bits per heavy atom. The predicted molar refractivity (Wildman–Crippen MR) is 63.4 cm³/mol. The molecular weight excluding hydrogens is 222 g/mol. The molecule has 0 saturated heterocycles. The molecule has 3 N–H and O–H groups in total. The van der Waals surface area contributed by atoms with Crippen LogP contribution in [0.15, 0.2) is 0 Å². The maximum absolute atomic E-state index is 11.8. The Morgan fingerprint density at radius 1 is 1.47 bits per heavy atom. The van der Waals surface area contributed by atoms with E-state index < -0.39 is 5.91 Å². The van der Waals surface area contributed by atoms with Crippen molar-refractivity contribution in [3.63, 3.8) is 0 Å². The van der Waals surface area contributed by atoms with E-state index in [9.17, 15) is 9.59 Å². The Labute approximate surface area is 99.6 Å². The molecule has 2 amide bonds. The van der Waals surface area contributed by atoms with Crippen LogP contribution in [-0.2, 0) is 11.8 Å². The van der Waals surface area contributed by atoms with Gasteiger partial charge < -0.3 is 16.0 Å². The highest BCUT2D eigenvalue weighted by Crippen LogP contribution is 2.14. The second kappa shape index (κ2) is 4.86. The third-order valence-corrected chi connectivity index (χ3v) is 2.38. The molecule has 1 heterocycles. The van der Waals surface area contributed by atoms with Crippen LogP contribution in [0.25, 0.3) is 0 Å². The number of nitrogens with two attached hydrogens (primary N) is 1. The van der Waals surface area contributed by atoms with E-state index in [-0.39, 0.29) is 18.1 Å². The lowest BCUT2D eigenvalue weighted by Gasteiger charge is -2.11. The van der Waals surface area contributed by atoms with Crippen LogP contribution in [0, 0.1) is 6.92 Å². The van der Waals surface area contributed by atoms with Crippen molar-refractivity contribution in [1.29, 1.82) is 0 Å². The fourth-order valence-corrected chi connectivity index (χ4v) is 1.34. The Bertz CT molecular complexity index is 450. The number of rotatable bonds is 3. The van der Waals surface area contributed by atoms with E-state index in [1.54, 1.807) is 28.1 Å². The highest BCUT2D eigenvalue weighted by Gasteiger charge is 2.18. The van der Waals surface area contributed by atoms with E-state index in [0.717, 1.165) is 0 Å². The molecular formula is C10H17N5O2. The largest absolute Gasteiger partial charge is 0.395 e. The minimum Gasteiger partial charge on any atom is -0.395 e. The fourth-order valence-electron chi connectivity index (χ4n) is 1.34. The third kappa shape index (κ3) is 2.74. The predicted octanol–water partition coefficient (Wildman–Crippen LogP) is -0.871.